The molecule has 9 aromatic rings. The topological polar surface area (TPSA) is 35.6 Å². The molecule has 0 saturated heterocycles. The highest BCUT2D eigenvalue weighted by Gasteiger charge is 2.18. The molecule has 5 aromatic carbocycles. The van der Waals surface area contributed by atoms with Gasteiger partial charge in [0.25, 0.3) is 0 Å². The number of hydrogen-bond donors (Lipinski definition) is 0. The van der Waals surface area contributed by atoms with Gasteiger partial charge < -0.3 is 4.57 Å². The maximum atomic E-state index is 4.81. The Kier molecular flexibility index (Phi) is 5.47. The lowest BCUT2D eigenvalue weighted by molar-refractivity contribution is 1.08. The van der Waals surface area contributed by atoms with Gasteiger partial charge in [0.15, 0.2) is 0 Å². The quantitative estimate of drug-likeness (QED) is 0.214. The Morgan fingerprint density at radius 1 is 0.364 bits per heavy atom. The van der Waals surface area contributed by atoms with E-state index in [4.69, 9.17) is 4.98 Å². The van der Waals surface area contributed by atoms with E-state index in [1.165, 1.54) is 38.2 Å². The number of rotatable bonds is 4. The molecule has 0 aliphatic heterocycles. The average molecular weight is 563 g/mol. The number of para-hydroxylation sites is 1. The lowest BCUT2D eigenvalue weighted by Crippen LogP contribution is -1.98. The summed E-state index contributed by atoms with van der Waals surface area (Å²) in [5.74, 6) is 0.898. The van der Waals surface area contributed by atoms with E-state index in [0.717, 1.165) is 39.3 Å². The monoisotopic (exact) mass is 562 g/mol. The highest BCUT2D eigenvalue weighted by Crippen LogP contribution is 2.38. The summed E-state index contributed by atoms with van der Waals surface area (Å²) in [7, 11) is 0. The van der Waals surface area contributed by atoms with Gasteiger partial charge in [-0.25, -0.2) is 4.98 Å². The maximum absolute atomic E-state index is 4.81. The van der Waals surface area contributed by atoms with Crippen molar-refractivity contribution in [2.75, 3.05) is 0 Å². The molecule has 0 fully saturated rings. The van der Waals surface area contributed by atoms with E-state index in [-0.39, 0.29) is 0 Å². The molecule has 0 amide bonds. The van der Waals surface area contributed by atoms with E-state index >= 15 is 0 Å². The third-order valence-corrected chi connectivity index (χ3v) is 8.63. The Bertz CT molecular complexity index is 2470. The zero-order chi connectivity index (χ0) is 29.0. The van der Waals surface area contributed by atoms with Gasteiger partial charge in [0.05, 0.1) is 27.8 Å². The van der Waals surface area contributed by atoms with Crippen molar-refractivity contribution in [3.63, 3.8) is 0 Å². The van der Waals surface area contributed by atoms with E-state index in [9.17, 15) is 0 Å². The molecule has 0 aliphatic rings. The Balaban J connectivity index is 1.34. The number of aromatic nitrogens is 4. The van der Waals surface area contributed by atoms with Crippen LogP contribution in [0, 0.1) is 0 Å². The summed E-state index contributed by atoms with van der Waals surface area (Å²) < 4.78 is 4.68. The van der Waals surface area contributed by atoms with Gasteiger partial charge >= 0.3 is 0 Å². The normalized spacial score (nSPS) is 11.6. The Morgan fingerprint density at radius 2 is 0.977 bits per heavy atom. The fourth-order valence-corrected chi connectivity index (χ4v) is 6.63. The Morgan fingerprint density at radius 3 is 1.75 bits per heavy atom. The molecule has 44 heavy (non-hydrogen) atoms. The summed E-state index contributed by atoms with van der Waals surface area (Å²) in [5, 5.41) is 4.85. The van der Waals surface area contributed by atoms with Crippen molar-refractivity contribution < 1.29 is 0 Å². The van der Waals surface area contributed by atoms with Gasteiger partial charge in [-0.3, -0.25) is 9.55 Å². The van der Waals surface area contributed by atoms with Crippen LogP contribution in [0.25, 0.3) is 77.5 Å². The van der Waals surface area contributed by atoms with Crippen LogP contribution in [0.3, 0.4) is 0 Å². The van der Waals surface area contributed by atoms with Gasteiger partial charge in [-0.2, -0.15) is 0 Å². The predicted molar refractivity (Wildman–Crippen MR) is 182 cm³/mol. The summed E-state index contributed by atoms with van der Waals surface area (Å²) in [5.41, 5.74) is 10.1. The molecule has 4 nitrogen and oxygen atoms in total. The second-order valence-corrected chi connectivity index (χ2v) is 11.1. The van der Waals surface area contributed by atoms with Gasteiger partial charge in [-0.15, -0.1) is 0 Å². The van der Waals surface area contributed by atoms with Crippen LogP contribution < -0.4 is 0 Å². The van der Waals surface area contributed by atoms with Crippen LogP contribution in [0.15, 0.2) is 158 Å². The minimum absolute atomic E-state index is 0.898. The molecule has 0 bridgehead atoms. The summed E-state index contributed by atoms with van der Waals surface area (Å²) in [6.45, 7) is 0. The zero-order valence-electron chi connectivity index (χ0n) is 23.8. The summed E-state index contributed by atoms with van der Waals surface area (Å²) in [6, 6.07) is 51.6. The van der Waals surface area contributed by atoms with Crippen LogP contribution in [0.1, 0.15) is 0 Å². The minimum atomic E-state index is 0.898. The summed E-state index contributed by atoms with van der Waals surface area (Å²) in [4.78, 5) is 9.44. The first-order valence-corrected chi connectivity index (χ1v) is 14.8. The Labute approximate surface area is 254 Å². The summed E-state index contributed by atoms with van der Waals surface area (Å²) in [6.07, 6.45) is 3.71. The first-order chi connectivity index (χ1) is 21.8. The second-order valence-electron chi connectivity index (χ2n) is 11.1. The third-order valence-electron chi connectivity index (χ3n) is 8.63. The molecule has 4 aromatic heterocycles. The van der Waals surface area contributed by atoms with E-state index in [0.29, 0.717) is 0 Å². The molecular weight excluding hydrogens is 536 g/mol. The number of fused-ring (bicyclic) bond motifs is 6. The third kappa shape index (κ3) is 3.78. The standard InChI is InChI=1S/C40H26N4/c1-2-10-27(11-3-1)28-16-19-33-34-21-18-30(26-39(34)44(38(33)24-28)40-15-7-9-23-42-40)43-36-14-5-4-12-31(36)32-20-17-29(25-37(32)43)35-13-6-8-22-41-35/h1-26H. The van der Waals surface area contributed by atoms with Gasteiger partial charge in [-0.05, 0) is 65.7 Å². The number of hydrogen-bond acceptors (Lipinski definition) is 2. The van der Waals surface area contributed by atoms with Crippen LogP contribution in [0.5, 0.6) is 0 Å². The van der Waals surface area contributed by atoms with Gasteiger partial charge in [0, 0.05) is 45.2 Å². The van der Waals surface area contributed by atoms with Crippen LogP contribution in [-0.2, 0) is 0 Å². The van der Waals surface area contributed by atoms with Crippen LogP contribution in [-0.4, -0.2) is 19.1 Å². The molecule has 0 radical (unpaired) electrons. The molecular formula is C40H26N4. The van der Waals surface area contributed by atoms with Gasteiger partial charge in [0.1, 0.15) is 5.82 Å². The first-order valence-electron chi connectivity index (χ1n) is 14.8. The molecule has 4 heterocycles. The van der Waals surface area contributed by atoms with Crippen molar-refractivity contribution in [2.45, 2.75) is 0 Å². The van der Waals surface area contributed by atoms with E-state index in [1.807, 2.05) is 30.6 Å². The average Bonchev–Trinajstić information content (AvgIpc) is 3.61. The molecule has 0 atom stereocenters. The largest absolute Gasteiger partial charge is 0.309 e. The van der Waals surface area contributed by atoms with Crippen molar-refractivity contribution in [3.8, 4) is 33.9 Å². The van der Waals surface area contributed by atoms with Gasteiger partial charge in [-0.1, -0.05) is 91.0 Å². The SMILES string of the molecule is c1ccc(-c2ccc3c4ccc(-n5c6ccccc6c6ccc(-c7ccccn7)cc65)cc4n(-c4ccccn4)c3c2)cc1. The van der Waals surface area contributed by atoms with Crippen LogP contribution in [0.4, 0.5) is 0 Å². The Hall–Kier alpha value is -6.00. The van der Waals surface area contributed by atoms with Crippen molar-refractivity contribution in [1.29, 1.82) is 0 Å². The van der Waals surface area contributed by atoms with Crippen molar-refractivity contribution in [1.82, 2.24) is 19.1 Å². The maximum Gasteiger partial charge on any atom is 0.137 e. The number of pyridine rings is 2. The predicted octanol–water partition coefficient (Wildman–Crippen LogP) is 10.0. The molecule has 0 unspecified atom stereocenters. The smallest absolute Gasteiger partial charge is 0.137 e. The number of nitrogens with zero attached hydrogens (tertiary/aromatic N) is 4. The highest BCUT2D eigenvalue weighted by atomic mass is 15.1. The zero-order valence-corrected chi connectivity index (χ0v) is 23.8. The summed E-state index contributed by atoms with van der Waals surface area (Å²) >= 11 is 0. The molecule has 0 aliphatic carbocycles. The van der Waals surface area contributed by atoms with E-state index < -0.39 is 0 Å². The van der Waals surface area contributed by atoms with Crippen LogP contribution >= 0.6 is 0 Å². The minimum Gasteiger partial charge on any atom is -0.309 e. The molecule has 0 spiro atoms. The van der Waals surface area contributed by atoms with Crippen molar-refractivity contribution in [2.24, 2.45) is 0 Å². The fraction of sp³-hybridized carbons (Fsp3) is 0. The van der Waals surface area contributed by atoms with E-state index in [1.54, 1.807) is 0 Å². The highest BCUT2D eigenvalue weighted by molar-refractivity contribution is 6.12. The number of benzene rings is 5. The molecule has 206 valence electrons. The fourth-order valence-electron chi connectivity index (χ4n) is 6.63. The second kappa shape index (κ2) is 9.79. The lowest BCUT2D eigenvalue weighted by atomic mass is 10.0. The molecule has 4 heteroatoms. The molecule has 9 rings (SSSR count). The lowest BCUT2D eigenvalue weighted by Gasteiger charge is -2.11. The van der Waals surface area contributed by atoms with E-state index in [2.05, 4.69) is 142 Å². The molecule has 0 saturated carbocycles. The first kappa shape index (κ1) is 24.6. The van der Waals surface area contributed by atoms with Crippen molar-refractivity contribution in [3.05, 3.63) is 158 Å². The molecule has 0 N–H and O–H groups in total. The van der Waals surface area contributed by atoms with Crippen molar-refractivity contribution >= 4 is 43.6 Å². The van der Waals surface area contributed by atoms with Gasteiger partial charge in [0.2, 0.25) is 0 Å². The van der Waals surface area contributed by atoms with Crippen LogP contribution in [0.2, 0.25) is 0 Å².